The molecular weight excluding hydrogens is 363 g/mol. The molecule has 0 bridgehead atoms. The van der Waals surface area contributed by atoms with E-state index >= 15 is 0 Å². The van der Waals surface area contributed by atoms with Crippen molar-refractivity contribution in [1.82, 2.24) is 9.97 Å². The van der Waals surface area contributed by atoms with Gasteiger partial charge in [-0.15, -0.1) is 11.8 Å². The summed E-state index contributed by atoms with van der Waals surface area (Å²) in [6.45, 7) is 1.48. The number of thioether (sulfide) groups is 1. The quantitative estimate of drug-likeness (QED) is 0.636. The number of carbonyl (C=O) groups is 1. The Balaban J connectivity index is 2.34. The van der Waals surface area contributed by atoms with E-state index in [1.807, 2.05) is 0 Å². The van der Waals surface area contributed by atoms with Crippen LogP contribution in [0.5, 0.6) is 0 Å². The lowest BCUT2D eigenvalue weighted by molar-refractivity contribution is 0.0690. The Kier molecular flexibility index (Phi) is 4.79. The summed E-state index contributed by atoms with van der Waals surface area (Å²) in [7, 11) is 0. The number of carboxylic acids is 1. The van der Waals surface area contributed by atoms with Gasteiger partial charge in [-0.2, -0.15) is 4.98 Å². The number of carboxylic acid groups (broad SMARTS) is 1. The molecule has 0 amide bonds. The Morgan fingerprint density at radius 2 is 2.24 bits per heavy atom. The molecule has 5 nitrogen and oxygen atoms in total. The number of halogens is 2. The molecule has 0 aliphatic rings. The molecule has 0 aliphatic carbocycles. The maximum atomic E-state index is 13.7. The van der Waals surface area contributed by atoms with Crippen molar-refractivity contribution < 1.29 is 14.3 Å². The molecule has 8 heteroatoms. The van der Waals surface area contributed by atoms with E-state index in [0.29, 0.717) is 10.0 Å². The van der Waals surface area contributed by atoms with Gasteiger partial charge in [0.25, 0.3) is 0 Å². The number of aromatic amines is 1. The van der Waals surface area contributed by atoms with Crippen molar-refractivity contribution in [3.63, 3.8) is 0 Å². The van der Waals surface area contributed by atoms with Gasteiger partial charge in [0.1, 0.15) is 16.4 Å². The Morgan fingerprint density at radius 1 is 1.52 bits per heavy atom. The molecule has 1 aromatic carbocycles. The SMILES string of the molecule is Cc1[nH]c(=O)nc(SCc2cc(Br)ccc2F)c1C(=O)O. The van der Waals surface area contributed by atoms with Gasteiger partial charge in [0.15, 0.2) is 0 Å². The van der Waals surface area contributed by atoms with Crippen LogP contribution in [0.15, 0.2) is 32.5 Å². The number of hydrogen-bond acceptors (Lipinski definition) is 4. The third-order valence-electron chi connectivity index (χ3n) is 2.67. The number of benzene rings is 1. The number of aromatic carboxylic acids is 1. The largest absolute Gasteiger partial charge is 0.478 e. The molecule has 1 heterocycles. The molecule has 0 saturated heterocycles. The molecule has 0 atom stereocenters. The molecule has 2 N–H and O–H groups in total. The number of nitrogens with one attached hydrogen (secondary N) is 1. The predicted molar refractivity (Wildman–Crippen MR) is 80.2 cm³/mol. The maximum absolute atomic E-state index is 13.7. The van der Waals surface area contributed by atoms with E-state index in [0.717, 1.165) is 11.8 Å². The summed E-state index contributed by atoms with van der Waals surface area (Å²) in [6.07, 6.45) is 0. The minimum atomic E-state index is -1.19. The van der Waals surface area contributed by atoms with Crippen molar-refractivity contribution in [3.05, 3.63) is 55.8 Å². The summed E-state index contributed by atoms with van der Waals surface area (Å²) in [5, 5.41) is 9.25. The molecule has 0 radical (unpaired) electrons. The van der Waals surface area contributed by atoms with Crippen molar-refractivity contribution in [1.29, 1.82) is 0 Å². The van der Waals surface area contributed by atoms with Crippen LogP contribution in [-0.4, -0.2) is 21.0 Å². The zero-order chi connectivity index (χ0) is 15.6. The van der Waals surface area contributed by atoms with Gasteiger partial charge in [-0.1, -0.05) is 15.9 Å². The molecular formula is C13H10BrFN2O3S. The van der Waals surface area contributed by atoms with E-state index in [4.69, 9.17) is 0 Å². The zero-order valence-corrected chi connectivity index (χ0v) is 13.2. The van der Waals surface area contributed by atoms with Crippen molar-refractivity contribution >= 4 is 33.7 Å². The summed E-state index contributed by atoms with van der Waals surface area (Å²) in [5.41, 5.74) is -0.0881. The Bertz CT molecular complexity index is 764. The monoisotopic (exact) mass is 372 g/mol. The molecule has 21 heavy (non-hydrogen) atoms. The third-order valence-corrected chi connectivity index (χ3v) is 4.19. The average molecular weight is 373 g/mol. The second kappa shape index (κ2) is 6.40. The summed E-state index contributed by atoms with van der Waals surface area (Å²) >= 11 is 4.25. The molecule has 0 saturated carbocycles. The van der Waals surface area contributed by atoms with E-state index in [-0.39, 0.29) is 22.0 Å². The van der Waals surface area contributed by atoms with Crippen LogP contribution in [0.2, 0.25) is 0 Å². The number of nitrogens with zero attached hydrogens (tertiary/aromatic N) is 1. The van der Waals surface area contributed by atoms with Crippen LogP contribution in [-0.2, 0) is 5.75 Å². The molecule has 0 spiro atoms. The van der Waals surface area contributed by atoms with E-state index in [9.17, 15) is 19.1 Å². The van der Waals surface area contributed by atoms with Gasteiger partial charge in [-0.25, -0.2) is 14.0 Å². The second-order valence-corrected chi connectivity index (χ2v) is 6.06. The van der Waals surface area contributed by atoms with Crippen molar-refractivity contribution in [2.75, 3.05) is 0 Å². The number of rotatable bonds is 4. The summed E-state index contributed by atoms with van der Waals surface area (Å²) in [6, 6.07) is 4.49. The van der Waals surface area contributed by atoms with Crippen molar-refractivity contribution in [2.24, 2.45) is 0 Å². The molecule has 0 unspecified atom stereocenters. The van der Waals surface area contributed by atoms with Crippen LogP contribution in [0, 0.1) is 12.7 Å². The lowest BCUT2D eigenvalue weighted by Crippen LogP contribution is -2.18. The fourth-order valence-corrected chi connectivity index (χ4v) is 3.17. The molecule has 110 valence electrons. The van der Waals surface area contributed by atoms with Gasteiger partial charge in [0.2, 0.25) is 0 Å². The Morgan fingerprint density at radius 3 is 2.90 bits per heavy atom. The molecule has 1 aromatic heterocycles. The van der Waals surface area contributed by atoms with Crippen molar-refractivity contribution in [3.8, 4) is 0 Å². The minimum Gasteiger partial charge on any atom is -0.478 e. The highest BCUT2D eigenvalue weighted by atomic mass is 79.9. The van der Waals surface area contributed by atoms with Gasteiger partial charge >= 0.3 is 11.7 Å². The molecule has 0 fully saturated rings. The minimum absolute atomic E-state index is 0.0723. The van der Waals surface area contributed by atoms with Crippen LogP contribution in [0.3, 0.4) is 0 Å². The smallest absolute Gasteiger partial charge is 0.346 e. The number of hydrogen-bond donors (Lipinski definition) is 2. The second-order valence-electron chi connectivity index (χ2n) is 4.18. The molecule has 2 aromatic rings. The van der Waals surface area contributed by atoms with Gasteiger partial charge in [-0.3, -0.25) is 0 Å². The zero-order valence-electron chi connectivity index (χ0n) is 10.8. The predicted octanol–water partition coefficient (Wildman–Crippen LogP) is 2.97. The summed E-state index contributed by atoms with van der Waals surface area (Å²) < 4.78 is 14.4. The topological polar surface area (TPSA) is 83.0 Å². The van der Waals surface area contributed by atoms with Crippen LogP contribution < -0.4 is 5.69 Å². The van der Waals surface area contributed by atoms with Crippen LogP contribution in [0.25, 0.3) is 0 Å². The van der Waals surface area contributed by atoms with E-state index in [1.54, 1.807) is 12.1 Å². The lowest BCUT2D eigenvalue weighted by atomic mass is 10.2. The van der Waals surface area contributed by atoms with Crippen LogP contribution >= 0.6 is 27.7 Å². The molecule has 2 rings (SSSR count). The third kappa shape index (κ3) is 3.70. The van der Waals surface area contributed by atoms with E-state index in [1.165, 1.54) is 13.0 Å². The first-order chi connectivity index (χ1) is 9.88. The van der Waals surface area contributed by atoms with Crippen LogP contribution in [0.1, 0.15) is 21.6 Å². The highest BCUT2D eigenvalue weighted by Crippen LogP contribution is 2.27. The normalized spacial score (nSPS) is 10.6. The fourth-order valence-electron chi connectivity index (χ4n) is 1.72. The standard InChI is InChI=1S/C13H10BrFN2O3S/c1-6-10(12(18)19)11(17-13(20)16-6)21-5-7-4-8(14)2-3-9(7)15/h2-4H,5H2,1H3,(H,18,19)(H,16,17,20). The summed E-state index contributed by atoms with van der Waals surface area (Å²) in [4.78, 5) is 28.6. The van der Waals surface area contributed by atoms with Gasteiger partial charge < -0.3 is 10.1 Å². The lowest BCUT2D eigenvalue weighted by Gasteiger charge is -2.07. The Hall–Kier alpha value is -1.67. The highest BCUT2D eigenvalue weighted by molar-refractivity contribution is 9.10. The van der Waals surface area contributed by atoms with Gasteiger partial charge in [0, 0.05) is 15.9 Å². The highest BCUT2D eigenvalue weighted by Gasteiger charge is 2.17. The number of aromatic nitrogens is 2. The number of H-pyrrole nitrogens is 1. The first-order valence-corrected chi connectivity index (χ1v) is 7.57. The first kappa shape index (κ1) is 15.7. The van der Waals surface area contributed by atoms with Crippen LogP contribution in [0.4, 0.5) is 4.39 Å². The Labute approximate surface area is 131 Å². The first-order valence-electron chi connectivity index (χ1n) is 5.79. The fraction of sp³-hybridized carbons (Fsp3) is 0.154. The summed E-state index contributed by atoms with van der Waals surface area (Å²) in [5.74, 6) is -1.42. The number of aryl methyl sites for hydroxylation is 1. The van der Waals surface area contributed by atoms with Gasteiger partial charge in [0.05, 0.1) is 0 Å². The van der Waals surface area contributed by atoms with E-state index < -0.39 is 17.5 Å². The van der Waals surface area contributed by atoms with Gasteiger partial charge in [-0.05, 0) is 30.7 Å². The maximum Gasteiger partial charge on any atom is 0.346 e. The average Bonchev–Trinajstić information content (AvgIpc) is 2.38. The molecule has 0 aliphatic heterocycles. The van der Waals surface area contributed by atoms with E-state index in [2.05, 4.69) is 25.9 Å². The van der Waals surface area contributed by atoms with Crippen molar-refractivity contribution in [2.45, 2.75) is 17.7 Å².